The minimum absolute atomic E-state index is 0.0933. The molecule has 0 heterocycles. The Bertz CT molecular complexity index is 520. The van der Waals surface area contributed by atoms with Gasteiger partial charge in [-0.25, -0.2) is 13.1 Å². The van der Waals surface area contributed by atoms with Crippen molar-refractivity contribution in [3.8, 4) is 0 Å². The molecule has 0 aliphatic carbocycles. The first-order valence-corrected chi connectivity index (χ1v) is 8.56. The van der Waals surface area contributed by atoms with Gasteiger partial charge in [0.2, 0.25) is 10.0 Å². The summed E-state index contributed by atoms with van der Waals surface area (Å²) in [6, 6.07) is 5.14. The van der Waals surface area contributed by atoms with Gasteiger partial charge in [-0.3, -0.25) is 0 Å². The Labute approximate surface area is 122 Å². The van der Waals surface area contributed by atoms with E-state index in [0.717, 1.165) is 24.0 Å². The van der Waals surface area contributed by atoms with Crippen LogP contribution < -0.4 is 4.72 Å². The summed E-state index contributed by atoms with van der Waals surface area (Å²) in [5, 5.41) is 9.00. The molecule has 1 rings (SSSR count). The summed E-state index contributed by atoms with van der Waals surface area (Å²) < 4.78 is 27.1. The first-order chi connectivity index (χ1) is 9.40. The SMILES string of the molecule is CCCC(CCO)CNS(=O)(=O)c1ccc(C)c(C)c1. The fourth-order valence-corrected chi connectivity index (χ4v) is 3.33. The van der Waals surface area contributed by atoms with Crippen molar-refractivity contribution < 1.29 is 13.5 Å². The summed E-state index contributed by atoms with van der Waals surface area (Å²) in [7, 11) is -3.46. The Kier molecular flexibility index (Phi) is 6.65. The lowest BCUT2D eigenvalue weighted by atomic mass is 10.0. The highest BCUT2D eigenvalue weighted by Crippen LogP contribution is 2.16. The maximum Gasteiger partial charge on any atom is 0.240 e. The zero-order valence-electron chi connectivity index (χ0n) is 12.5. The second-order valence-corrected chi connectivity index (χ2v) is 7.03. The standard InChI is InChI=1S/C15H25NO3S/c1-4-5-14(8-9-17)11-16-20(18,19)15-7-6-12(2)13(3)10-15/h6-7,10,14,16-17H,4-5,8-9,11H2,1-3H3. The smallest absolute Gasteiger partial charge is 0.240 e. The fourth-order valence-electron chi connectivity index (χ4n) is 2.13. The quantitative estimate of drug-likeness (QED) is 0.774. The van der Waals surface area contributed by atoms with Gasteiger partial charge in [0.05, 0.1) is 4.90 Å². The van der Waals surface area contributed by atoms with Gasteiger partial charge in [0.15, 0.2) is 0 Å². The first-order valence-electron chi connectivity index (χ1n) is 7.08. The van der Waals surface area contributed by atoms with Crippen LogP contribution in [0.4, 0.5) is 0 Å². The Morgan fingerprint density at radius 3 is 2.45 bits per heavy atom. The lowest BCUT2D eigenvalue weighted by molar-refractivity contribution is 0.251. The number of hydrogen-bond acceptors (Lipinski definition) is 3. The lowest BCUT2D eigenvalue weighted by Gasteiger charge is -2.16. The van der Waals surface area contributed by atoms with E-state index in [2.05, 4.69) is 11.6 Å². The minimum atomic E-state index is -3.46. The van der Waals surface area contributed by atoms with E-state index in [1.54, 1.807) is 12.1 Å². The van der Waals surface area contributed by atoms with Crippen LogP contribution in [0.5, 0.6) is 0 Å². The zero-order chi connectivity index (χ0) is 15.2. The molecule has 1 aromatic carbocycles. The van der Waals surface area contributed by atoms with E-state index in [9.17, 15) is 8.42 Å². The van der Waals surface area contributed by atoms with Crippen LogP contribution in [0.2, 0.25) is 0 Å². The second-order valence-electron chi connectivity index (χ2n) is 5.26. The summed E-state index contributed by atoms with van der Waals surface area (Å²) in [4.78, 5) is 0.305. The van der Waals surface area contributed by atoms with E-state index in [4.69, 9.17) is 5.11 Å². The van der Waals surface area contributed by atoms with Crippen LogP contribution in [-0.2, 0) is 10.0 Å². The van der Waals surface area contributed by atoms with Crippen molar-refractivity contribution in [3.05, 3.63) is 29.3 Å². The van der Waals surface area contributed by atoms with Crippen LogP contribution in [0.3, 0.4) is 0 Å². The normalized spacial score (nSPS) is 13.4. The molecule has 114 valence electrons. The van der Waals surface area contributed by atoms with Gasteiger partial charge < -0.3 is 5.11 Å². The molecule has 0 fully saturated rings. The van der Waals surface area contributed by atoms with Crippen LogP contribution in [-0.4, -0.2) is 26.7 Å². The molecule has 1 unspecified atom stereocenters. The van der Waals surface area contributed by atoms with Crippen molar-refractivity contribution in [2.24, 2.45) is 5.92 Å². The Balaban J connectivity index is 2.75. The predicted octanol–water partition coefficient (Wildman–Crippen LogP) is 2.38. The van der Waals surface area contributed by atoms with Crippen molar-refractivity contribution >= 4 is 10.0 Å². The van der Waals surface area contributed by atoms with Gasteiger partial charge in [0.25, 0.3) is 0 Å². The highest BCUT2D eigenvalue weighted by Gasteiger charge is 2.17. The van der Waals surface area contributed by atoms with Crippen LogP contribution in [0.25, 0.3) is 0 Å². The number of sulfonamides is 1. The van der Waals surface area contributed by atoms with Crippen LogP contribution in [0.1, 0.15) is 37.3 Å². The lowest BCUT2D eigenvalue weighted by Crippen LogP contribution is -2.30. The molecule has 1 atom stereocenters. The molecule has 0 aliphatic rings. The molecule has 5 heteroatoms. The molecule has 0 bridgehead atoms. The van der Waals surface area contributed by atoms with Gasteiger partial charge in [-0.15, -0.1) is 0 Å². The van der Waals surface area contributed by atoms with Crippen LogP contribution >= 0.6 is 0 Å². The second kappa shape index (κ2) is 7.76. The number of aliphatic hydroxyl groups is 1. The fraction of sp³-hybridized carbons (Fsp3) is 0.600. The number of aliphatic hydroxyl groups excluding tert-OH is 1. The highest BCUT2D eigenvalue weighted by atomic mass is 32.2. The molecule has 0 saturated carbocycles. The molecule has 20 heavy (non-hydrogen) atoms. The summed E-state index contributed by atoms with van der Waals surface area (Å²) in [5.74, 6) is 0.186. The largest absolute Gasteiger partial charge is 0.396 e. The Morgan fingerprint density at radius 1 is 1.20 bits per heavy atom. The van der Waals surface area contributed by atoms with E-state index in [1.165, 1.54) is 0 Å². The third kappa shape index (κ3) is 4.89. The molecule has 1 aromatic rings. The highest BCUT2D eigenvalue weighted by molar-refractivity contribution is 7.89. The number of hydrogen-bond donors (Lipinski definition) is 2. The molecule has 0 spiro atoms. The summed E-state index contributed by atoms with van der Waals surface area (Å²) in [5.41, 5.74) is 2.04. The van der Waals surface area contributed by atoms with Gasteiger partial charge in [0, 0.05) is 13.2 Å². The molecule has 0 saturated heterocycles. The van der Waals surface area contributed by atoms with Gasteiger partial charge in [-0.1, -0.05) is 19.4 Å². The minimum Gasteiger partial charge on any atom is -0.396 e. The van der Waals surface area contributed by atoms with Gasteiger partial charge in [-0.05, 0) is 55.9 Å². The summed E-state index contributed by atoms with van der Waals surface area (Å²) in [6.45, 7) is 6.39. The monoisotopic (exact) mass is 299 g/mol. The molecule has 0 aliphatic heterocycles. The maximum absolute atomic E-state index is 12.2. The predicted molar refractivity (Wildman–Crippen MR) is 81.2 cm³/mol. The van der Waals surface area contributed by atoms with Crippen molar-refractivity contribution in [3.63, 3.8) is 0 Å². The maximum atomic E-state index is 12.2. The van der Waals surface area contributed by atoms with Crippen molar-refractivity contribution in [1.82, 2.24) is 4.72 Å². The van der Waals surface area contributed by atoms with E-state index in [1.807, 2.05) is 19.9 Å². The van der Waals surface area contributed by atoms with Gasteiger partial charge in [0.1, 0.15) is 0 Å². The summed E-state index contributed by atoms with van der Waals surface area (Å²) in [6.07, 6.45) is 2.52. The summed E-state index contributed by atoms with van der Waals surface area (Å²) >= 11 is 0. The third-order valence-electron chi connectivity index (χ3n) is 3.58. The number of benzene rings is 1. The molecule has 4 nitrogen and oxygen atoms in total. The number of nitrogens with one attached hydrogen (secondary N) is 1. The van der Waals surface area contributed by atoms with Gasteiger partial charge >= 0.3 is 0 Å². The number of rotatable bonds is 8. The molecule has 2 N–H and O–H groups in total. The van der Waals surface area contributed by atoms with E-state index < -0.39 is 10.0 Å². The van der Waals surface area contributed by atoms with E-state index in [-0.39, 0.29) is 12.5 Å². The van der Waals surface area contributed by atoms with Crippen LogP contribution in [0.15, 0.2) is 23.1 Å². The molecular formula is C15H25NO3S. The zero-order valence-corrected chi connectivity index (χ0v) is 13.3. The van der Waals surface area contributed by atoms with Crippen molar-refractivity contribution in [2.45, 2.75) is 44.9 Å². The Morgan fingerprint density at radius 2 is 1.90 bits per heavy atom. The van der Waals surface area contributed by atoms with Crippen molar-refractivity contribution in [2.75, 3.05) is 13.2 Å². The third-order valence-corrected chi connectivity index (χ3v) is 5.01. The van der Waals surface area contributed by atoms with E-state index in [0.29, 0.717) is 17.9 Å². The average molecular weight is 299 g/mol. The van der Waals surface area contributed by atoms with E-state index >= 15 is 0 Å². The van der Waals surface area contributed by atoms with Crippen molar-refractivity contribution in [1.29, 1.82) is 0 Å². The molecule has 0 radical (unpaired) electrons. The van der Waals surface area contributed by atoms with Gasteiger partial charge in [-0.2, -0.15) is 0 Å². The number of aryl methyl sites for hydroxylation is 2. The van der Waals surface area contributed by atoms with Crippen LogP contribution in [0, 0.1) is 19.8 Å². The Hall–Kier alpha value is -0.910. The molecular weight excluding hydrogens is 274 g/mol. The average Bonchev–Trinajstić information content (AvgIpc) is 2.39. The molecule has 0 amide bonds. The first kappa shape index (κ1) is 17.1. The molecule has 0 aromatic heterocycles. The topological polar surface area (TPSA) is 66.4 Å².